The van der Waals surface area contributed by atoms with Crippen molar-refractivity contribution < 1.29 is 0 Å². The third kappa shape index (κ3) is 33.9. The van der Waals surface area contributed by atoms with E-state index < -0.39 is 8.07 Å². The van der Waals surface area contributed by atoms with Crippen molar-refractivity contribution in [1.29, 1.82) is 0 Å². The minimum absolute atomic E-state index is 1.12. The molecule has 0 radical (unpaired) electrons. The molecule has 0 fully saturated rings. The molecular weight excluding hydrogens is 557 g/mol. The van der Waals surface area contributed by atoms with Gasteiger partial charge in [0.25, 0.3) is 0 Å². The van der Waals surface area contributed by atoms with E-state index in [2.05, 4.69) is 27.7 Å². The molecule has 272 valence electrons. The Balaban J connectivity index is 4.59. The quantitative estimate of drug-likeness (QED) is 0.0458. The maximum atomic E-state index is 2.39. The zero-order chi connectivity index (χ0) is 32.8. The van der Waals surface area contributed by atoms with Crippen LogP contribution < -0.4 is 0 Å². The van der Waals surface area contributed by atoms with Crippen LogP contribution in [0.3, 0.4) is 0 Å². The van der Waals surface area contributed by atoms with Gasteiger partial charge in [-0.3, -0.25) is 0 Å². The molecule has 0 aliphatic carbocycles. The first-order valence-electron chi connectivity index (χ1n) is 22.2. The van der Waals surface area contributed by atoms with Crippen molar-refractivity contribution in [2.24, 2.45) is 0 Å². The summed E-state index contributed by atoms with van der Waals surface area (Å²) in [6.45, 7) is 9.39. The number of hydrogen-bond donors (Lipinski definition) is 0. The molecule has 0 aromatic carbocycles. The standard InChI is InChI=1S/C44H92Si/c1-5-9-13-17-20-23-25-27-29-32-35-39-43-45(41-37-16-12-8-4,42-38-34-31-22-19-15-11-7-3)44-40-36-33-30-28-26-24-21-18-14-10-6-2/h5-44H2,1-4H3. The van der Waals surface area contributed by atoms with E-state index in [0.717, 1.165) is 0 Å². The fourth-order valence-corrected chi connectivity index (χ4v) is 13.5. The lowest BCUT2D eigenvalue weighted by atomic mass is 10.1. The monoisotopic (exact) mass is 649 g/mol. The zero-order valence-corrected chi connectivity index (χ0v) is 33.8. The second kappa shape index (κ2) is 38.7. The minimum atomic E-state index is -1.12. The number of unbranched alkanes of at least 4 members (excludes halogenated alkanes) is 32. The van der Waals surface area contributed by atoms with E-state index in [1.807, 2.05) is 0 Å². The predicted octanol–water partition coefficient (Wildman–Crippen LogP) is 17.6. The molecule has 45 heavy (non-hydrogen) atoms. The lowest BCUT2D eigenvalue weighted by Crippen LogP contribution is -2.34. The molecule has 0 aliphatic rings. The van der Waals surface area contributed by atoms with E-state index in [0.29, 0.717) is 0 Å². The molecule has 0 saturated heterocycles. The summed E-state index contributed by atoms with van der Waals surface area (Å²) in [6.07, 6.45) is 53.7. The lowest BCUT2D eigenvalue weighted by Gasteiger charge is -2.33. The highest BCUT2D eigenvalue weighted by Crippen LogP contribution is 2.35. The van der Waals surface area contributed by atoms with Gasteiger partial charge in [0.15, 0.2) is 0 Å². The van der Waals surface area contributed by atoms with Crippen molar-refractivity contribution in [3.05, 3.63) is 0 Å². The molecule has 0 aromatic rings. The largest absolute Gasteiger partial charge is 0.0654 e. The smallest absolute Gasteiger partial charge is 0.0535 e. The maximum absolute atomic E-state index is 2.39. The van der Waals surface area contributed by atoms with Crippen LogP contribution in [-0.4, -0.2) is 8.07 Å². The Morgan fingerprint density at radius 2 is 0.311 bits per heavy atom. The van der Waals surface area contributed by atoms with E-state index in [9.17, 15) is 0 Å². The Hall–Kier alpha value is 0.217. The van der Waals surface area contributed by atoms with Crippen LogP contribution in [0.2, 0.25) is 24.2 Å². The van der Waals surface area contributed by atoms with Crippen molar-refractivity contribution in [3.8, 4) is 0 Å². The Morgan fingerprint density at radius 3 is 0.489 bits per heavy atom. The summed E-state index contributed by atoms with van der Waals surface area (Å²) >= 11 is 0. The molecule has 0 N–H and O–H groups in total. The molecular formula is C44H92Si. The molecule has 0 aromatic heterocycles. The van der Waals surface area contributed by atoms with Crippen LogP contribution in [0, 0.1) is 0 Å². The van der Waals surface area contributed by atoms with Gasteiger partial charge in [0, 0.05) is 0 Å². The molecule has 0 heterocycles. The van der Waals surface area contributed by atoms with Crippen molar-refractivity contribution in [3.63, 3.8) is 0 Å². The molecule has 0 bridgehead atoms. The molecule has 0 unspecified atom stereocenters. The van der Waals surface area contributed by atoms with E-state index in [1.165, 1.54) is 205 Å². The highest BCUT2D eigenvalue weighted by molar-refractivity contribution is 6.79. The normalized spacial score (nSPS) is 12.0. The Bertz CT molecular complexity index is 485. The lowest BCUT2D eigenvalue weighted by molar-refractivity contribution is 0.544. The van der Waals surface area contributed by atoms with Gasteiger partial charge in [-0.2, -0.15) is 0 Å². The fraction of sp³-hybridized carbons (Fsp3) is 1.00. The molecule has 0 atom stereocenters. The van der Waals surface area contributed by atoms with Crippen molar-refractivity contribution in [2.45, 2.75) is 283 Å². The summed E-state index contributed by atoms with van der Waals surface area (Å²) in [7, 11) is -1.12. The second-order valence-corrected chi connectivity index (χ2v) is 20.8. The molecule has 1 heteroatoms. The van der Waals surface area contributed by atoms with Gasteiger partial charge in [-0.1, -0.05) is 283 Å². The van der Waals surface area contributed by atoms with E-state index in [1.54, 1.807) is 49.9 Å². The van der Waals surface area contributed by atoms with Crippen LogP contribution in [0.15, 0.2) is 0 Å². The van der Waals surface area contributed by atoms with Gasteiger partial charge in [-0.05, 0) is 0 Å². The van der Waals surface area contributed by atoms with Gasteiger partial charge < -0.3 is 0 Å². The van der Waals surface area contributed by atoms with Crippen molar-refractivity contribution in [1.82, 2.24) is 0 Å². The van der Waals surface area contributed by atoms with Crippen LogP contribution >= 0.6 is 0 Å². The van der Waals surface area contributed by atoms with E-state index in [-0.39, 0.29) is 0 Å². The summed E-state index contributed by atoms with van der Waals surface area (Å²) in [5, 5.41) is 0. The SMILES string of the molecule is CCCCCCCCCCCCCC[Si](CCCCCC)(CCCCCCCCCC)CCCCCCCCCCCCCC. The maximum Gasteiger partial charge on any atom is 0.0535 e. The van der Waals surface area contributed by atoms with Crippen LogP contribution in [0.5, 0.6) is 0 Å². The summed E-state index contributed by atoms with van der Waals surface area (Å²) in [5.41, 5.74) is 0. The van der Waals surface area contributed by atoms with Crippen LogP contribution in [0.1, 0.15) is 259 Å². The first-order valence-corrected chi connectivity index (χ1v) is 25.1. The van der Waals surface area contributed by atoms with Gasteiger partial charge in [0.2, 0.25) is 0 Å². The van der Waals surface area contributed by atoms with Crippen LogP contribution in [0.25, 0.3) is 0 Å². The fourth-order valence-electron chi connectivity index (χ4n) is 7.99. The van der Waals surface area contributed by atoms with Gasteiger partial charge in [0.1, 0.15) is 0 Å². The molecule has 0 amide bonds. The van der Waals surface area contributed by atoms with Gasteiger partial charge in [0.05, 0.1) is 8.07 Å². The van der Waals surface area contributed by atoms with Crippen LogP contribution in [0.4, 0.5) is 0 Å². The minimum Gasteiger partial charge on any atom is -0.0654 e. The average molecular weight is 649 g/mol. The molecule has 0 rings (SSSR count). The zero-order valence-electron chi connectivity index (χ0n) is 32.8. The van der Waals surface area contributed by atoms with Gasteiger partial charge >= 0.3 is 0 Å². The summed E-state index contributed by atoms with van der Waals surface area (Å²) in [4.78, 5) is 0. The third-order valence-corrected chi connectivity index (χ3v) is 16.9. The average Bonchev–Trinajstić information content (AvgIpc) is 3.05. The number of hydrogen-bond acceptors (Lipinski definition) is 0. The first kappa shape index (κ1) is 45.2. The van der Waals surface area contributed by atoms with E-state index >= 15 is 0 Å². The van der Waals surface area contributed by atoms with Crippen LogP contribution in [-0.2, 0) is 0 Å². The Labute approximate surface area is 290 Å². The second-order valence-electron chi connectivity index (χ2n) is 15.8. The highest BCUT2D eigenvalue weighted by atomic mass is 28.3. The first-order chi connectivity index (χ1) is 22.2. The molecule has 0 nitrogen and oxygen atoms in total. The summed E-state index contributed by atoms with van der Waals surface area (Å²) < 4.78 is 0. The van der Waals surface area contributed by atoms with Gasteiger partial charge in [-0.25, -0.2) is 0 Å². The topological polar surface area (TPSA) is 0 Å². The Kier molecular flexibility index (Phi) is 38.8. The third-order valence-electron chi connectivity index (χ3n) is 11.2. The van der Waals surface area contributed by atoms with Crippen molar-refractivity contribution >= 4 is 8.07 Å². The number of rotatable bonds is 40. The molecule has 0 spiro atoms. The Morgan fingerprint density at radius 1 is 0.178 bits per heavy atom. The summed E-state index contributed by atoms with van der Waals surface area (Å²) in [6, 6.07) is 6.74. The summed E-state index contributed by atoms with van der Waals surface area (Å²) in [5.74, 6) is 0. The molecule has 0 aliphatic heterocycles. The predicted molar refractivity (Wildman–Crippen MR) is 214 cm³/mol. The molecule has 0 saturated carbocycles. The van der Waals surface area contributed by atoms with Crippen molar-refractivity contribution in [2.75, 3.05) is 0 Å². The highest BCUT2D eigenvalue weighted by Gasteiger charge is 2.30. The van der Waals surface area contributed by atoms with Gasteiger partial charge in [-0.15, -0.1) is 0 Å². The van der Waals surface area contributed by atoms with E-state index in [4.69, 9.17) is 0 Å².